The SMILES string of the molecule is CC(=O)N1CCC[C@H]1c1nc(C(=O)NCc2ccccc2)c2ccccn12. The highest BCUT2D eigenvalue weighted by atomic mass is 16.2. The van der Waals surface area contributed by atoms with Crippen LogP contribution in [-0.2, 0) is 11.3 Å². The quantitative estimate of drug-likeness (QED) is 0.776. The normalized spacial score (nSPS) is 16.6. The molecule has 27 heavy (non-hydrogen) atoms. The fourth-order valence-corrected chi connectivity index (χ4v) is 3.74. The molecule has 1 saturated heterocycles. The lowest BCUT2D eigenvalue weighted by Crippen LogP contribution is -2.29. The van der Waals surface area contributed by atoms with Gasteiger partial charge in [0.25, 0.3) is 5.91 Å². The Kier molecular flexibility index (Phi) is 4.62. The van der Waals surface area contributed by atoms with Crippen molar-refractivity contribution in [2.75, 3.05) is 6.54 Å². The van der Waals surface area contributed by atoms with E-state index in [1.165, 1.54) is 0 Å². The second kappa shape index (κ2) is 7.23. The zero-order valence-corrected chi connectivity index (χ0v) is 15.3. The lowest BCUT2D eigenvalue weighted by atomic mass is 10.2. The van der Waals surface area contributed by atoms with Crippen LogP contribution in [0.2, 0.25) is 0 Å². The van der Waals surface area contributed by atoms with Crippen molar-refractivity contribution in [1.82, 2.24) is 19.6 Å². The second-order valence-electron chi connectivity index (χ2n) is 6.81. The first-order chi connectivity index (χ1) is 13.1. The van der Waals surface area contributed by atoms with E-state index in [4.69, 9.17) is 0 Å². The van der Waals surface area contributed by atoms with Crippen LogP contribution < -0.4 is 5.32 Å². The van der Waals surface area contributed by atoms with Crippen LogP contribution in [0.5, 0.6) is 0 Å². The third kappa shape index (κ3) is 3.30. The molecule has 4 rings (SSSR count). The highest BCUT2D eigenvalue weighted by molar-refractivity contribution is 5.99. The van der Waals surface area contributed by atoms with Gasteiger partial charge in [0.15, 0.2) is 5.69 Å². The summed E-state index contributed by atoms with van der Waals surface area (Å²) in [5.74, 6) is 0.588. The van der Waals surface area contributed by atoms with E-state index in [1.54, 1.807) is 6.92 Å². The van der Waals surface area contributed by atoms with E-state index in [9.17, 15) is 9.59 Å². The molecule has 2 aromatic heterocycles. The van der Waals surface area contributed by atoms with Gasteiger partial charge in [0.05, 0.1) is 11.6 Å². The monoisotopic (exact) mass is 362 g/mol. The summed E-state index contributed by atoms with van der Waals surface area (Å²) in [6.45, 7) is 2.77. The van der Waals surface area contributed by atoms with E-state index < -0.39 is 0 Å². The Labute approximate surface area is 157 Å². The summed E-state index contributed by atoms with van der Waals surface area (Å²) >= 11 is 0. The minimum atomic E-state index is -0.207. The standard InChI is InChI=1S/C21H22N4O2/c1-15(26)24-13-7-11-18(24)20-23-19(17-10-5-6-12-25(17)20)21(27)22-14-16-8-3-2-4-9-16/h2-6,8-10,12,18H,7,11,13-14H2,1H3,(H,22,27)/t18-/m0/s1. The van der Waals surface area contributed by atoms with Crippen LogP contribution in [0.25, 0.3) is 5.52 Å². The highest BCUT2D eigenvalue weighted by Gasteiger charge is 2.32. The molecule has 1 fully saturated rings. The van der Waals surface area contributed by atoms with E-state index in [-0.39, 0.29) is 17.9 Å². The van der Waals surface area contributed by atoms with Crippen LogP contribution in [0.3, 0.4) is 0 Å². The predicted octanol–water partition coefficient (Wildman–Crippen LogP) is 2.95. The zero-order chi connectivity index (χ0) is 18.8. The minimum absolute atomic E-state index is 0.0419. The molecule has 0 radical (unpaired) electrons. The lowest BCUT2D eigenvalue weighted by molar-refractivity contribution is -0.129. The van der Waals surface area contributed by atoms with Gasteiger partial charge in [0.1, 0.15) is 5.82 Å². The maximum Gasteiger partial charge on any atom is 0.272 e. The molecule has 1 aliphatic rings. The minimum Gasteiger partial charge on any atom is -0.347 e. The van der Waals surface area contributed by atoms with Gasteiger partial charge in [-0.1, -0.05) is 36.4 Å². The molecular formula is C21H22N4O2. The second-order valence-corrected chi connectivity index (χ2v) is 6.81. The van der Waals surface area contributed by atoms with E-state index in [1.807, 2.05) is 64.0 Å². The van der Waals surface area contributed by atoms with Crippen LogP contribution in [0.15, 0.2) is 54.7 Å². The molecule has 1 aliphatic heterocycles. The molecule has 3 aromatic rings. The Balaban J connectivity index is 1.65. The van der Waals surface area contributed by atoms with Gasteiger partial charge < -0.3 is 14.6 Å². The van der Waals surface area contributed by atoms with E-state index >= 15 is 0 Å². The number of carbonyl (C=O) groups is 2. The molecule has 0 saturated carbocycles. The van der Waals surface area contributed by atoms with Gasteiger partial charge in [-0.05, 0) is 30.5 Å². The third-order valence-corrected chi connectivity index (χ3v) is 5.04. The summed E-state index contributed by atoms with van der Waals surface area (Å²) in [7, 11) is 0. The number of benzene rings is 1. The Morgan fingerprint density at radius 2 is 1.93 bits per heavy atom. The summed E-state index contributed by atoms with van der Waals surface area (Å²) in [4.78, 5) is 31.3. The Bertz CT molecular complexity index is 980. The molecule has 138 valence electrons. The van der Waals surface area contributed by atoms with Crippen molar-refractivity contribution >= 4 is 17.3 Å². The molecule has 0 unspecified atom stereocenters. The molecule has 6 heteroatoms. The first-order valence-corrected chi connectivity index (χ1v) is 9.21. The Morgan fingerprint density at radius 1 is 1.15 bits per heavy atom. The van der Waals surface area contributed by atoms with Crippen molar-refractivity contribution in [3.05, 3.63) is 71.8 Å². The first kappa shape index (κ1) is 17.3. The van der Waals surface area contributed by atoms with Crippen LogP contribution >= 0.6 is 0 Å². The number of carbonyl (C=O) groups excluding carboxylic acids is 2. The van der Waals surface area contributed by atoms with Gasteiger partial charge >= 0.3 is 0 Å². The zero-order valence-electron chi connectivity index (χ0n) is 15.3. The van der Waals surface area contributed by atoms with E-state index in [0.717, 1.165) is 36.3 Å². The van der Waals surface area contributed by atoms with Crippen molar-refractivity contribution in [2.45, 2.75) is 32.4 Å². The van der Waals surface area contributed by atoms with Crippen molar-refractivity contribution in [3.63, 3.8) is 0 Å². The molecule has 0 spiro atoms. The first-order valence-electron chi connectivity index (χ1n) is 9.21. The molecule has 1 aromatic carbocycles. The maximum absolute atomic E-state index is 12.8. The lowest BCUT2D eigenvalue weighted by Gasteiger charge is -2.22. The third-order valence-electron chi connectivity index (χ3n) is 5.04. The van der Waals surface area contributed by atoms with Crippen LogP contribution in [0.4, 0.5) is 0 Å². The number of nitrogens with zero attached hydrogens (tertiary/aromatic N) is 3. The Hall–Kier alpha value is -3.15. The van der Waals surface area contributed by atoms with E-state index in [2.05, 4.69) is 10.3 Å². The molecule has 0 aliphatic carbocycles. The number of pyridine rings is 1. The largest absolute Gasteiger partial charge is 0.347 e. The van der Waals surface area contributed by atoms with Crippen LogP contribution in [-0.4, -0.2) is 32.6 Å². The van der Waals surface area contributed by atoms with Crippen molar-refractivity contribution in [3.8, 4) is 0 Å². The van der Waals surface area contributed by atoms with Gasteiger partial charge in [-0.25, -0.2) is 4.98 Å². The fourth-order valence-electron chi connectivity index (χ4n) is 3.74. The Morgan fingerprint density at radius 3 is 2.70 bits per heavy atom. The van der Waals surface area contributed by atoms with Gasteiger partial charge in [0.2, 0.25) is 5.91 Å². The van der Waals surface area contributed by atoms with Gasteiger partial charge in [-0.15, -0.1) is 0 Å². The molecule has 1 atom stereocenters. The highest BCUT2D eigenvalue weighted by Crippen LogP contribution is 2.32. The summed E-state index contributed by atoms with van der Waals surface area (Å²) in [6.07, 6.45) is 3.71. The summed E-state index contributed by atoms with van der Waals surface area (Å²) < 4.78 is 1.93. The number of hydrogen-bond donors (Lipinski definition) is 1. The topological polar surface area (TPSA) is 66.7 Å². The molecule has 6 nitrogen and oxygen atoms in total. The average Bonchev–Trinajstić information content (AvgIpc) is 3.31. The number of imidazole rings is 1. The molecular weight excluding hydrogens is 340 g/mol. The maximum atomic E-state index is 12.8. The van der Waals surface area contributed by atoms with Crippen LogP contribution in [0.1, 0.15) is 47.7 Å². The number of fused-ring (bicyclic) bond motifs is 1. The summed E-state index contributed by atoms with van der Waals surface area (Å²) in [6, 6.07) is 15.4. The molecule has 3 heterocycles. The number of hydrogen-bond acceptors (Lipinski definition) is 3. The summed E-state index contributed by atoms with van der Waals surface area (Å²) in [5, 5.41) is 2.95. The number of rotatable bonds is 4. The fraction of sp³-hybridized carbons (Fsp3) is 0.286. The molecule has 0 bridgehead atoms. The smallest absolute Gasteiger partial charge is 0.272 e. The predicted molar refractivity (Wildman–Crippen MR) is 102 cm³/mol. The van der Waals surface area contributed by atoms with Gasteiger partial charge in [0, 0.05) is 26.2 Å². The van der Waals surface area contributed by atoms with Crippen molar-refractivity contribution < 1.29 is 9.59 Å². The summed E-state index contributed by atoms with van der Waals surface area (Å²) in [5.41, 5.74) is 2.19. The van der Waals surface area contributed by atoms with Crippen molar-refractivity contribution in [1.29, 1.82) is 0 Å². The van der Waals surface area contributed by atoms with Gasteiger partial charge in [-0.2, -0.15) is 0 Å². The molecule has 1 N–H and O–H groups in total. The van der Waals surface area contributed by atoms with Crippen molar-refractivity contribution in [2.24, 2.45) is 0 Å². The average molecular weight is 362 g/mol. The number of likely N-dealkylation sites (tertiary alicyclic amines) is 1. The number of aromatic nitrogens is 2. The number of nitrogens with one attached hydrogen (secondary N) is 1. The number of amides is 2. The van der Waals surface area contributed by atoms with E-state index in [0.29, 0.717) is 12.2 Å². The van der Waals surface area contributed by atoms with Gasteiger partial charge in [-0.3, -0.25) is 9.59 Å². The molecule has 2 amide bonds. The van der Waals surface area contributed by atoms with Crippen LogP contribution in [0, 0.1) is 0 Å².